The Hall–Kier alpha value is 0.0700. The van der Waals surface area contributed by atoms with Crippen LogP contribution in [-0.2, 0) is 15.5 Å². The molecule has 0 aliphatic heterocycles. The zero-order valence-electron chi connectivity index (χ0n) is 7.78. The molecule has 2 unspecified atom stereocenters. The molecule has 0 aliphatic rings. The van der Waals surface area contributed by atoms with Crippen molar-refractivity contribution in [2.75, 3.05) is 6.61 Å². The zero-order chi connectivity index (χ0) is 9.40. The lowest BCUT2D eigenvalue weighted by Crippen LogP contribution is -2.05. The van der Waals surface area contributed by atoms with E-state index in [1.165, 1.54) is 12.8 Å². The van der Waals surface area contributed by atoms with Crippen LogP contribution in [0.5, 0.6) is 0 Å². The average Bonchev–Trinajstić information content (AvgIpc) is 2.02. The third-order valence-electron chi connectivity index (χ3n) is 1.98. The van der Waals surface area contributed by atoms with E-state index in [1.807, 2.05) is 0 Å². The molecule has 0 spiro atoms. The summed E-state index contributed by atoms with van der Waals surface area (Å²) in [5.74, 6) is 0.638. The fourth-order valence-corrected chi connectivity index (χ4v) is 1.49. The van der Waals surface area contributed by atoms with Crippen molar-refractivity contribution in [3.63, 3.8) is 0 Å². The molecule has 0 radical (unpaired) electrons. The van der Waals surface area contributed by atoms with E-state index in [9.17, 15) is 4.21 Å². The van der Waals surface area contributed by atoms with Gasteiger partial charge in [-0.3, -0.25) is 8.74 Å². The van der Waals surface area contributed by atoms with E-state index < -0.39 is 11.4 Å². The quantitative estimate of drug-likeness (QED) is 0.633. The summed E-state index contributed by atoms with van der Waals surface area (Å²) in [7, 11) is 0. The molecule has 1 N–H and O–H groups in total. The molecule has 12 heavy (non-hydrogen) atoms. The highest BCUT2D eigenvalue weighted by molar-refractivity contribution is 7.74. The van der Waals surface area contributed by atoms with Crippen LogP contribution in [-0.4, -0.2) is 15.4 Å². The average molecular weight is 194 g/mol. The number of hydrogen-bond acceptors (Lipinski definition) is 2. The summed E-state index contributed by atoms with van der Waals surface area (Å²) in [4.78, 5) is 0. The van der Waals surface area contributed by atoms with E-state index in [2.05, 4.69) is 18.0 Å². The first-order valence-electron chi connectivity index (χ1n) is 4.44. The molecule has 0 bridgehead atoms. The Morgan fingerprint density at radius 3 is 2.50 bits per heavy atom. The van der Waals surface area contributed by atoms with Crippen LogP contribution < -0.4 is 0 Å². The van der Waals surface area contributed by atoms with Gasteiger partial charge in [0.05, 0.1) is 6.61 Å². The van der Waals surface area contributed by atoms with E-state index in [4.69, 9.17) is 4.55 Å². The SMILES string of the molecule is CCCC(CC)CCOS(=O)O. The first-order valence-corrected chi connectivity index (χ1v) is 5.48. The third kappa shape index (κ3) is 6.76. The second-order valence-corrected chi connectivity index (χ2v) is 3.56. The molecule has 74 valence electrons. The van der Waals surface area contributed by atoms with Gasteiger partial charge in [0.15, 0.2) is 0 Å². The minimum absolute atomic E-state index is 0.390. The Morgan fingerprint density at radius 1 is 1.42 bits per heavy atom. The molecule has 0 rings (SSSR count). The smallest absolute Gasteiger partial charge is 0.284 e. The van der Waals surface area contributed by atoms with Gasteiger partial charge in [-0.2, -0.15) is 4.21 Å². The van der Waals surface area contributed by atoms with Gasteiger partial charge in [-0.1, -0.05) is 33.1 Å². The fourth-order valence-electron chi connectivity index (χ4n) is 1.25. The molecule has 0 aromatic heterocycles. The standard InChI is InChI=1S/C8H18O3S/c1-3-5-8(4-2)6-7-11-12(9)10/h8H,3-7H2,1-2H3,(H,9,10). The van der Waals surface area contributed by atoms with E-state index in [1.54, 1.807) is 0 Å². The highest BCUT2D eigenvalue weighted by Crippen LogP contribution is 2.14. The van der Waals surface area contributed by atoms with Gasteiger partial charge < -0.3 is 0 Å². The second kappa shape index (κ2) is 7.71. The van der Waals surface area contributed by atoms with E-state index in [-0.39, 0.29) is 0 Å². The Bertz CT molecular complexity index is 127. The van der Waals surface area contributed by atoms with Crippen LogP contribution in [0, 0.1) is 5.92 Å². The summed E-state index contributed by atoms with van der Waals surface area (Å²) in [6.07, 6.45) is 4.35. The predicted molar refractivity (Wildman–Crippen MR) is 50.0 cm³/mol. The lowest BCUT2D eigenvalue weighted by atomic mass is 9.98. The molecule has 0 heterocycles. The normalized spacial score (nSPS) is 15.9. The van der Waals surface area contributed by atoms with E-state index >= 15 is 0 Å². The minimum Gasteiger partial charge on any atom is -0.284 e. The molecular weight excluding hydrogens is 176 g/mol. The molecule has 0 aromatic rings. The predicted octanol–water partition coefficient (Wildman–Crippen LogP) is 2.36. The van der Waals surface area contributed by atoms with E-state index in [0.29, 0.717) is 12.5 Å². The lowest BCUT2D eigenvalue weighted by Gasteiger charge is -2.11. The van der Waals surface area contributed by atoms with Crippen LogP contribution in [0.15, 0.2) is 0 Å². The van der Waals surface area contributed by atoms with Gasteiger partial charge >= 0.3 is 11.4 Å². The number of hydrogen-bond donors (Lipinski definition) is 1. The maximum atomic E-state index is 10.1. The van der Waals surface area contributed by atoms with Gasteiger partial charge in [0.2, 0.25) is 0 Å². The summed E-state index contributed by atoms with van der Waals surface area (Å²) in [5, 5.41) is 0. The van der Waals surface area contributed by atoms with E-state index in [0.717, 1.165) is 12.8 Å². The topological polar surface area (TPSA) is 46.5 Å². The maximum Gasteiger partial charge on any atom is 0.301 e. The van der Waals surface area contributed by atoms with Gasteiger partial charge in [0, 0.05) is 0 Å². The molecule has 0 fully saturated rings. The Kier molecular flexibility index (Phi) is 7.75. The van der Waals surface area contributed by atoms with Crippen molar-refractivity contribution in [2.45, 2.75) is 39.5 Å². The van der Waals surface area contributed by atoms with Crippen molar-refractivity contribution in [3.05, 3.63) is 0 Å². The van der Waals surface area contributed by atoms with Crippen LogP contribution in [0.1, 0.15) is 39.5 Å². The molecule has 0 saturated heterocycles. The fraction of sp³-hybridized carbons (Fsp3) is 1.00. The molecule has 3 nitrogen and oxygen atoms in total. The summed E-state index contributed by atoms with van der Waals surface area (Å²) in [6, 6.07) is 0. The Labute approximate surface area is 77.0 Å². The maximum absolute atomic E-state index is 10.1. The molecule has 4 heteroatoms. The molecule has 0 saturated carbocycles. The summed E-state index contributed by atoms with van der Waals surface area (Å²) in [6.45, 7) is 4.67. The molecule has 0 aromatic carbocycles. The highest BCUT2D eigenvalue weighted by atomic mass is 32.2. The van der Waals surface area contributed by atoms with Crippen molar-refractivity contribution in [1.82, 2.24) is 0 Å². The molecule has 0 amide bonds. The van der Waals surface area contributed by atoms with Crippen LogP contribution in [0.3, 0.4) is 0 Å². The lowest BCUT2D eigenvalue weighted by molar-refractivity contribution is 0.265. The number of rotatable bonds is 7. The van der Waals surface area contributed by atoms with Gasteiger partial charge in [-0.05, 0) is 12.3 Å². The Balaban J connectivity index is 3.37. The van der Waals surface area contributed by atoms with Gasteiger partial charge in [-0.25, -0.2) is 0 Å². The summed E-state index contributed by atoms with van der Waals surface area (Å²) >= 11 is -2.09. The van der Waals surface area contributed by atoms with Crippen LogP contribution in [0.25, 0.3) is 0 Å². The summed E-state index contributed by atoms with van der Waals surface area (Å²) < 4.78 is 23.0. The molecular formula is C8H18O3S. The molecule has 0 aliphatic carbocycles. The van der Waals surface area contributed by atoms with Crippen LogP contribution in [0.4, 0.5) is 0 Å². The van der Waals surface area contributed by atoms with Gasteiger partial charge in [-0.15, -0.1) is 0 Å². The third-order valence-corrected chi connectivity index (χ3v) is 2.35. The van der Waals surface area contributed by atoms with Crippen molar-refractivity contribution in [1.29, 1.82) is 0 Å². The zero-order valence-corrected chi connectivity index (χ0v) is 8.60. The molecule has 2 atom stereocenters. The minimum atomic E-state index is -2.09. The highest BCUT2D eigenvalue weighted by Gasteiger charge is 2.05. The van der Waals surface area contributed by atoms with Gasteiger partial charge in [0.25, 0.3) is 0 Å². The van der Waals surface area contributed by atoms with Gasteiger partial charge in [0.1, 0.15) is 0 Å². The van der Waals surface area contributed by atoms with Crippen LogP contribution in [0.2, 0.25) is 0 Å². The largest absolute Gasteiger partial charge is 0.301 e. The second-order valence-electron chi connectivity index (χ2n) is 2.89. The van der Waals surface area contributed by atoms with Crippen molar-refractivity contribution in [2.24, 2.45) is 5.92 Å². The first kappa shape index (κ1) is 12.1. The first-order chi connectivity index (χ1) is 5.70. The van der Waals surface area contributed by atoms with Crippen LogP contribution >= 0.6 is 0 Å². The van der Waals surface area contributed by atoms with Crippen molar-refractivity contribution >= 4 is 11.4 Å². The van der Waals surface area contributed by atoms with Crippen molar-refractivity contribution in [3.8, 4) is 0 Å². The monoisotopic (exact) mass is 194 g/mol. The van der Waals surface area contributed by atoms with Crippen molar-refractivity contribution < 1.29 is 12.9 Å². The summed E-state index contributed by atoms with van der Waals surface area (Å²) in [5.41, 5.74) is 0. The Morgan fingerprint density at radius 2 is 2.08 bits per heavy atom.